The smallest absolute Gasteiger partial charge is 0.341 e. The molecular formula is C16H14ClFO4. The number of ether oxygens (including phenoxy) is 3. The van der Waals surface area contributed by atoms with Crippen molar-refractivity contribution in [2.75, 3.05) is 14.2 Å². The highest BCUT2D eigenvalue weighted by Crippen LogP contribution is 2.27. The first kappa shape index (κ1) is 16.1. The van der Waals surface area contributed by atoms with Crippen molar-refractivity contribution in [2.45, 2.75) is 6.61 Å². The van der Waals surface area contributed by atoms with E-state index in [0.717, 1.165) is 17.4 Å². The van der Waals surface area contributed by atoms with E-state index in [1.54, 1.807) is 19.2 Å². The maximum absolute atomic E-state index is 13.6. The third-order valence-electron chi connectivity index (χ3n) is 2.98. The molecule has 0 saturated heterocycles. The molecule has 0 spiro atoms. The van der Waals surface area contributed by atoms with Crippen LogP contribution in [0.4, 0.5) is 4.39 Å². The van der Waals surface area contributed by atoms with Crippen LogP contribution in [0.2, 0.25) is 5.02 Å². The number of methoxy groups -OCH3 is 2. The Morgan fingerprint density at radius 3 is 2.45 bits per heavy atom. The van der Waals surface area contributed by atoms with Crippen LogP contribution in [0.5, 0.6) is 11.5 Å². The minimum absolute atomic E-state index is 0.0717. The second-order valence-corrected chi connectivity index (χ2v) is 4.80. The molecule has 0 amide bonds. The lowest BCUT2D eigenvalue weighted by molar-refractivity contribution is 0.0595. The molecule has 2 aromatic carbocycles. The second-order valence-electron chi connectivity index (χ2n) is 4.39. The average molecular weight is 325 g/mol. The molecule has 0 aliphatic carbocycles. The number of benzene rings is 2. The standard InChI is InChI=1S/C16H14ClFO4/c1-20-11-5-3-10(4-6-11)9-22-15-8-14(18)13(17)7-12(15)16(19)21-2/h3-8H,9H2,1-2H3. The summed E-state index contributed by atoms with van der Waals surface area (Å²) in [7, 11) is 2.80. The Morgan fingerprint density at radius 1 is 1.18 bits per heavy atom. The van der Waals surface area contributed by atoms with E-state index >= 15 is 0 Å². The van der Waals surface area contributed by atoms with Gasteiger partial charge in [-0.2, -0.15) is 0 Å². The van der Waals surface area contributed by atoms with E-state index in [4.69, 9.17) is 21.1 Å². The van der Waals surface area contributed by atoms with Crippen LogP contribution in [0.1, 0.15) is 15.9 Å². The van der Waals surface area contributed by atoms with E-state index in [1.165, 1.54) is 13.2 Å². The number of carbonyl (C=O) groups excluding carboxylic acids is 1. The van der Waals surface area contributed by atoms with Crippen molar-refractivity contribution in [1.82, 2.24) is 0 Å². The van der Waals surface area contributed by atoms with Gasteiger partial charge in [0.2, 0.25) is 0 Å². The van der Waals surface area contributed by atoms with Crippen LogP contribution < -0.4 is 9.47 Å². The fourth-order valence-electron chi connectivity index (χ4n) is 1.80. The summed E-state index contributed by atoms with van der Waals surface area (Å²) in [5.41, 5.74) is 0.911. The molecule has 0 fully saturated rings. The highest BCUT2D eigenvalue weighted by atomic mass is 35.5. The fourth-order valence-corrected chi connectivity index (χ4v) is 1.96. The van der Waals surface area contributed by atoms with Crippen molar-refractivity contribution in [3.63, 3.8) is 0 Å². The number of hydrogen-bond acceptors (Lipinski definition) is 4. The molecule has 116 valence electrons. The summed E-state index contributed by atoms with van der Waals surface area (Å²) in [4.78, 5) is 11.7. The molecular weight excluding hydrogens is 311 g/mol. The number of rotatable bonds is 5. The van der Waals surface area contributed by atoms with E-state index in [9.17, 15) is 9.18 Å². The van der Waals surface area contributed by atoms with Gasteiger partial charge in [-0.05, 0) is 23.8 Å². The molecule has 0 aliphatic rings. The van der Waals surface area contributed by atoms with Crippen LogP contribution in [0.25, 0.3) is 0 Å². The maximum atomic E-state index is 13.6. The summed E-state index contributed by atoms with van der Waals surface area (Å²) >= 11 is 5.69. The fraction of sp³-hybridized carbons (Fsp3) is 0.188. The predicted molar refractivity (Wildman–Crippen MR) is 80.1 cm³/mol. The minimum atomic E-state index is -0.668. The van der Waals surface area contributed by atoms with E-state index < -0.39 is 11.8 Å². The summed E-state index contributed by atoms with van der Waals surface area (Å²) in [5, 5.41) is -0.169. The first-order valence-electron chi connectivity index (χ1n) is 6.38. The van der Waals surface area contributed by atoms with Gasteiger partial charge < -0.3 is 14.2 Å². The molecule has 0 N–H and O–H groups in total. The highest BCUT2D eigenvalue weighted by Gasteiger charge is 2.17. The van der Waals surface area contributed by atoms with Crippen molar-refractivity contribution in [1.29, 1.82) is 0 Å². The Labute approximate surface area is 132 Å². The Bertz CT molecular complexity index is 671. The number of carbonyl (C=O) groups is 1. The van der Waals surface area contributed by atoms with Gasteiger partial charge in [0.1, 0.15) is 29.5 Å². The molecule has 2 aromatic rings. The van der Waals surface area contributed by atoms with Crippen molar-refractivity contribution < 1.29 is 23.4 Å². The summed E-state index contributed by atoms with van der Waals surface area (Å²) in [6.45, 7) is 0.162. The van der Waals surface area contributed by atoms with E-state index in [0.29, 0.717) is 0 Å². The van der Waals surface area contributed by atoms with Gasteiger partial charge in [0.25, 0.3) is 0 Å². The molecule has 0 bridgehead atoms. The monoisotopic (exact) mass is 324 g/mol. The number of esters is 1. The molecule has 0 radical (unpaired) electrons. The molecule has 22 heavy (non-hydrogen) atoms. The summed E-state index contributed by atoms with van der Waals surface area (Å²) in [6, 6.07) is 9.43. The maximum Gasteiger partial charge on any atom is 0.341 e. The largest absolute Gasteiger partial charge is 0.497 e. The van der Waals surface area contributed by atoms with Crippen LogP contribution in [0.15, 0.2) is 36.4 Å². The Kier molecular flexibility index (Phi) is 5.22. The molecule has 0 unspecified atom stereocenters. The molecule has 2 rings (SSSR count). The number of hydrogen-bond donors (Lipinski definition) is 0. The van der Waals surface area contributed by atoms with Crippen molar-refractivity contribution in [3.05, 3.63) is 58.4 Å². The summed E-state index contributed by atoms with van der Waals surface area (Å²) in [5.74, 6) is -0.521. The van der Waals surface area contributed by atoms with Gasteiger partial charge in [-0.25, -0.2) is 9.18 Å². The molecule has 0 saturated carbocycles. The Morgan fingerprint density at radius 2 is 1.86 bits per heavy atom. The highest BCUT2D eigenvalue weighted by molar-refractivity contribution is 6.31. The molecule has 0 atom stereocenters. The zero-order valence-corrected chi connectivity index (χ0v) is 12.8. The average Bonchev–Trinajstić information content (AvgIpc) is 2.55. The van der Waals surface area contributed by atoms with Gasteiger partial charge in [-0.15, -0.1) is 0 Å². The first-order valence-corrected chi connectivity index (χ1v) is 6.76. The third-order valence-corrected chi connectivity index (χ3v) is 3.27. The lowest BCUT2D eigenvalue weighted by atomic mass is 10.2. The van der Waals surface area contributed by atoms with Crippen LogP contribution in [-0.2, 0) is 11.3 Å². The normalized spacial score (nSPS) is 10.2. The molecule has 0 aliphatic heterocycles. The second kappa shape index (κ2) is 7.13. The van der Waals surface area contributed by atoms with Crippen LogP contribution in [-0.4, -0.2) is 20.2 Å². The van der Waals surface area contributed by atoms with Crippen LogP contribution in [0, 0.1) is 5.82 Å². The van der Waals surface area contributed by atoms with E-state index in [1.807, 2.05) is 12.1 Å². The summed E-state index contributed by atoms with van der Waals surface area (Å²) < 4.78 is 28.8. The Hall–Kier alpha value is -2.27. The van der Waals surface area contributed by atoms with Gasteiger partial charge in [0, 0.05) is 6.07 Å². The predicted octanol–water partition coefficient (Wildman–Crippen LogP) is 3.85. The lowest BCUT2D eigenvalue weighted by Crippen LogP contribution is -2.06. The molecule has 0 aromatic heterocycles. The first-order chi connectivity index (χ1) is 10.5. The zero-order valence-electron chi connectivity index (χ0n) is 12.1. The minimum Gasteiger partial charge on any atom is -0.497 e. The topological polar surface area (TPSA) is 44.8 Å². The van der Waals surface area contributed by atoms with Gasteiger partial charge in [-0.3, -0.25) is 0 Å². The number of halogens is 2. The molecule has 6 heteroatoms. The molecule has 4 nitrogen and oxygen atoms in total. The zero-order chi connectivity index (χ0) is 16.1. The summed E-state index contributed by atoms with van der Waals surface area (Å²) in [6.07, 6.45) is 0. The van der Waals surface area contributed by atoms with Crippen molar-refractivity contribution in [2.24, 2.45) is 0 Å². The van der Waals surface area contributed by atoms with Crippen molar-refractivity contribution in [3.8, 4) is 11.5 Å². The van der Waals surface area contributed by atoms with Gasteiger partial charge in [0.05, 0.1) is 19.2 Å². The SMILES string of the molecule is COC(=O)c1cc(Cl)c(F)cc1OCc1ccc(OC)cc1. The third kappa shape index (κ3) is 3.68. The van der Waals surface area contributed by atoms with Gasteiger partial charge in [-0.1, -0.05) is 23.7 Å². The molecule has 0 heterocycles. The van der Waals surface area contributed by atoms with E-state index in [2.05, 4.69) is 4.74 Å². The van der Waals surface area contributed by atoms with Gasteiger partial charge in [0.15, 0.2) is 0 Å². The lowest BCUT2D eigenvalue weighted by Gasteiger charge is -2.11. The van der Waals surface area contributed by atoms with E-state index in [-0.39, 0.29) is 22.9 Å². The quantitative estimate of drug-likeness (QED) is 0.784. The van der Waals surface area contributed by atoms with Gasteiger partial charge >= 0.3 is 5.97 Å². The van der Waals surface area contributed by atoms with Crippen LogP contribution >= 0.6 is 11.6 Å². The Balaban J connectivity index is 2.20. The van der Waals surface area contributed by atoms with Crippen molar-refractivity contribution >= 4 is 17.6 Å². The van der Waals surface area contributed by atoms with Crippen LogP contribution in [0.3, 0.4) is 0 Å².